The number of aryl methyl sites for hydroxylation is 1. The highest BCUT2D eigenvalue weighted by Gasteiger charge is 2.26. The average Bonchev–Trinajstić information content (AvgIpc) is 3.01. The summed E-state index contributed by atoms with van der Waals surface area (Å²) in [5.74, 6) is 0.318. The number of rotatable bonds is 6. The van der Waals surface area contributed by atoms with Crippen molar-refractivity contribution in [2.24, 2.45) is 13.0 Å². The molecular formula is C20H28N4O. The molecule has 0 unspecified atom stereocenters. The Kier molecular flexibility index (Phi) is 5.87. The lowest BCUT2D eigenvalue weighted by molar-refractivity contribution is -0.126. The SMILES string of the molecule is CCCNC(=O)[C@H]1CCCN(Cc2cn(C)nc2-c2ccccc2)C1. The van der Waals surface area contributed by atoms with Crippen LogP contribution in [0.1, 0.15) is 31.7 Å². The third-order valence-electron chi connectivity index (χ3n) is 4.77. The number of likely N-dealkylation sites (tertiary alicyclic amines) is 1. The third-order valence-corrected chi connectivity index (χ3v) is 4.77. The van der Waals surface area contributed by atoms with Crippen molar-refractivity contribution in [2.75, 3.05) is 19.6 Å². The summed E-state index contributed by atoms with van der Waals surface area (Å²) in [6.07, 6.45) is 5.15. The number of hydrogen-bond acceptors (Lipinski definition) is 3. The van der Waals surface area contributed by atoms with E-state index in [2.05, 4.69) is 40.6 Å². The van der Waals surface area contributed by atoms with E-state index >= 15 is 0 Å². The Balaban J connectivity index is 1.69. The minimum atomic E-state index is 0.108. The molecule has 0 spiro atoms. The normalized spacial score (nSPS) is 18.2. The van der Waals surface area contributed by atoms with Crippen molar-refractivity contribution in [3.8, 4) is 11.3 Å². The van der Waals surface area contributed by atoms with Gasteiger partial charge in [0.1, 0.15) is 0 Å². The summed E-state index contributed by atoms with van der Waals surface area (Å²) in [5, 5.41) is 7.70. The summed E-state index contributed by atoms with van der Waals surface area (Å²) < 4.78 is 1.88. The number of nitrogens with one attached hydrogen (secondary N) is 1. The van der Waals surface area contributed by atoms with E-state index in [9.17, 15) is 4.79 Å². The van der Waals surface area contributed by atoms with Crippen LogP contribution in [0.2, 0.25) is 0 Å². The lowest BCUT2D eigenvalue weighted by Gasteiger charge is -2.31. The molecule has 134 valence electrons. The molecule has 25 heavy (non-hydrogen) atoms. The molecule has 1 aromatic carbocycles. The molecule has 0 bridgehead atoms. The summed E-state index contributed by atoms with van der Waals surface area (Å²) in [4.78, 5) is 14.7. The molecule has 1 N–H and O–H groups in total. The van der Waals surface area contributed by atoms with Gasteiger partial charge >= 0.3 is 0 Å². The third kappa shape index (κ3) is 4.48. The predicted octanol–water partition coefficient (Wildman–Crippen LogP) is 2.83. The van der Waals surface area contributed by atoms with Crippen LogP contribution in [-0.2, 0) is 18.4 Å². The molecule has 1 atom stereocenters. The first-order chi connectivity index (χ1) is 12.2. The monoisotopic (exact) mass is 340 g/mol. The lowest BCUT2D eigenvalue weighted by Crippen LogP contribution is -2.42. The van der Waals surface area contributed by atoms with Crippen LogP contribution in [0.25, 0.3) is 11.3 Å². The van der Waals surface area contributed by atoms with Crippen molar-refractivity contribution in [3.05, 3.63) is 42.1 Å². The molecule has 0 radical (unpaired) electrons. The second-order valence-corrected chi connectivity index (χ2v) is 6.91. The summed E-state index contributed by atoms with van der Waals surface area (Å²) >= 11 is 0. The maximum atomic E-state index is 12.3. The van der Waals surface area contributed by atoms with Gasteiger partial charge in [-0.15, -0.1) is 0 Å². The van der Waals surface area contributed by atoms with E-state index in [1.807, 2.05) is 29.9 Å². The van der Waals surface area contributed by atoms with Crippen LogP contribution in [0.15, 0.2) is 36.5 Å². The van der Waals surface area contributed by atoms with Gasteiger partial charge < -0.3 is 5.32 Å². The quantitative estimate of drug-likeness (QED) is 0.880. The Morgan fingerprint density at radius 3 is 2.88 bits per heavy atom. The molecule has 5 nitrogen and oxygen atoms in total. The van der Waals surface area contributed by atoms with Crippen molar-refractivity contribution >= 4 is 5.91 Å². The minimum absolute atomic E-state index is 0.108. The average molecular weight is 340 g/mol. The van der Waals surface area contributed by atoms with Crippen LogP contribution in [0.3, 0.4) is 0 Å². The molecule has 0 saturated carbocycles. The first-order valence-corrected chi connectivity index (χ1v) is 9.25. The van der Waals surface area contributed by atoms with Crippen LogP contribution in [0.5, 0.6) is 0 Å². The maximum Gasteiger partial charge on any atom is 0.224 e. The smallest absolute Gasteiger partial charge is 0.224 e. The number of piperidine rings is 1. The first kappa shape index (κ1) is 17.7. The van der Waals surface area contributed by atoms with E-state index in [-0.39, 0.29) is 11.8 Å². The van der Waals surface area contributed by atoms with E-state index in [1.165, 1.54) is 5.56 Å². The molecule has 2 aromatic rings. The number of carbonyl (C=O) groups excluding carboxylic acids is 1. The molecule has 1 aromatic heterocycles. The van der Waals surface area contributed by atoms with Crippen molar-refractivity contribution < 1.29 is 4.79 Å². The van der Waals surface area contributed by atoms with Gasteiger partial charge in [0, 0.05) is 44.0 Å². The first-order valence-electron chi connectivity index (χ1n) is 9.25. The molecule has 5 heteroatoms. The van der Waals surface area contributed by atoms with E-state index in [0.29, 0.717) is 0 Å². The van der Waals surface area contributed by atoms with Crippen LogP contribution in [0.4, 0.5) is 0 Å². The standard InChI is InChI=1S/C20H28N4O/c1-3-11-21-20(25)17-10-7-12-24(14-17)15-18-13-23(2)22-19(18)16-8-5-4-6-9-16/h4-6,8-9,13,17H,3,7,10-12,14-15H2,1-2H3,(H,21,25)/t17-/m0/s1. The Morgan fingerprint density at radius 2 is 2.12 bits per heavy atom. The molecule has 3 rings (SSSR count). The van der Waals surface area contributed by atoms with Crippen molar-refractivity contribution in [3.63, 3.8) is 0 Å². The van der Waals surface area contributed by atoms with Gasteiger partial charge in [-0.3, -0.25) is 14.4 Å². The largest absolute Gasteiger partial charge is 0.356 e. The fourth-order valence-electron chi connectivity index (χ4n) is 3.54. The Bertz CT molecular complexity index is 695. The van der Waals surface area contributed by atoms with Gasteiger partial charge in [-0.05, 0) is 25.8 Å². The minimum Gasteiger partial charge on any atom is -0.356 e. The molecule has 1 aliphatic rings. The van der Waals surface area contributed by atoms with Crippen LogP contribution >= 0.6 is 0 Å². The summed E-state index contributed by atoms with van der Waals surface area (Å²) in [6, 6.07) is 10.3. The second kappa shape index (κ2) is 8.30. The van der Waals surface area contributed by atoms with E-state index < -0.39 is 0 Å². The van der Waals surface area contributed by atoms with Gasteiger partial charge in [-0.25, -0.2) is 0 Å². The van der Waals surface area contributed by atoms with Crippen LogP contribution in [-0.4, -0.2) is 40.2 Å². The van der Waals surface area contributed by atoms with Crippen molar-refractivity contribution in [1.82, 2.24) is 20.0 Å². The summed E-state index contributed by atoms with van der Waals surface area (Å²) in [7, 11) is 1.97. The van der Waals surface area contributed by atoms with Gasteiger partial charge in [0.2, 0.25) is 5.91 Å². The number of nitrogens with zero attached hydrogens (tertiary/aromatic N) is 3. The van der Waals surface area contributed by atoms with Gasteiger partial charge in [0.05, 0.1) is 11.6 Å². The van der Waals surface area contributed by atoms with E-state index in [4.69, 9.17) is 0 Å². The highest BCUT2D eigenvalue weighted by molar-refractivity contribution is 5.78. The second-order valence-electron chi connectivity index (χ2n) is 6.91. The maximum absolute atomic E-state index is 12.3. The van der Waals surface area contributed by atoms with Crippen molar-refractivity contribution in [2.45, 2.75) is 32.7 Å². The highest BCUT2D eigenvalue weighted by Crippen LogP contribution is 2.25. The van der Waals surface area contributed by atoms with Gasteiger partial charge in [-0.2, -0.15) is 5.10 Å². The number of aromatic nitrogens is 2. The number of benzene rings is 1. The Hall–Kier alpha value is -2.14. The fourth-order valence-corrected chi connectivity index (χ4v) is 3.54. The fraction of sp³-hybridized carbons (Fsp3) is 0.500. The molecule has 1 aliphatic heterocycles. The zero-order chi connectivity index (χ0) is 17.6. The lowest BCUT2D eigenvalue weighted by atomic mass is 9.96. The molecule has 1 fully saturated rings. The summed E-state index contributed by atoms with van der Waals surface area (Å²) in [5.41, 5.74) is 3.41. The zero-order valence-corrected chi connectivity index (χ0v) is 15.2. The van der Waals surface area contributed by atoms with Crippen LogP contribution < -0.4 is 5.32 Å². The zero-order valence-electron chi connectivity index (χ0n) is 15.2. The summed E-state index contributed by atoms with van der Waals surface area (Å²) in [6.45, 7) is 5.58. The van der Waals surface area contributed by atoms with Crippen LogP contribution in [0, 0.1) is 5.92 Å². The molecular weight excluding hydrogens is 312 g/mol. The molecule has 2 heterocycles. The topological polar surface area (TPSA) is 50.2 Å². The van der Waals surface area contributed by atoms with E-state index in [1.54, 1.807) is 0 Å². The Labute approximate surface area is 150 Å². The number of hydrogen-bond donors (Lipinski definition) is 1. The van der Waals surface area contributed by atoms with Gasteiger partial charge in [-0.1, -0.05) is 37.3 Å². The van der Waals surface area contributed by atoms with Crippen molar-refractivity contribution in [1.29, 1.82) is 0 Å². The van der Waals surface area contributed by atoms with Gasteiger partial charge in [0.25, 0.3) is 0 Å². The number of carbonyl (C=O) groups is 1. The molecule has 0 aliphatic carbocycles. The number of amides is 1. The van der Waals surface area contributed by atoms with Gasteiger partial charge in [0.15, 0.2) is 0 Å². The Morgan fingerprint density at radius 1 is 1.32 bits per heavy atom. The highest BCUT2D eigenvalue weighted by atomic mass is 16.1. The molecule has 1 saturated heterocycles. The molecule has 1 amide bonds. The predicted molar refractivity (Wildman–Crippen MR) is 99.9 cm³/mol. The van der Waals surface area contributed by atoms with E-state index in [0.717, 1.165) is 56.7 Å².